The molecule has 2 fully saturated rings. The van der Waals surface area contributed by atoms with Crippen LogP contribution in [-0.2, 0) is 9.59 Å². The molecule has 1 saturated carbocycles. The number of hydrogen-bond acceptors (Lipinski definition) is 5. The second kappa shape index (κ2) is 7.50. The zero-order chi connectivity index (χ0) is 20.5. The maximum atomic E-state index is 12.9. The van der Waals surface area contributed by atoms with Crippen LogP contribution in [0.5, 0.6) is 0 Å². The van der Waals surface area contributed by atoms with Crippen molar-refractivity contribution < 1.29 is 19.6 Å². The molecule has 1 atom stereocenters. The van der Waals surface area contributed by atoms with Gasteiger partial charge in [-0.2, -0.15) is 0 Å². The number of hydrogen-bond donors (Lipinski definition) is 1. The predicted octanol–water partition coefficient (Wildman–Crippen LogP) is 3.96. The van der Waals surface area contributed by atoms with Gasteiger partial charge in [-0.25, -0.2) is 0 Å². The maximum Gasteiger partial charge on any atom is 0.295 e. The summed E-state index contributed by atoms with van der Waals surface area (Å²) in [4.78, 5) is 37.8. The fraction of sp³-hybridized carbons (Fsp3) is 0.273. The summed E-state index contributed by atoms with van der Waals surface area (Å²) in [6.45, 7) is 0. The largest absolute Gasteiger partial charge is 0.507 e. The number of aliphatic hydroxyl groups excluding tert-OH is 1. The number of nitrogens with zero attached hydrogens (tertiary/aromatic N) is 2. The summed E-state index contributed by atoms with van der Waals surface area (Å²) < 4.78 is 0. The summed E-state index contributed by atoms with van der Waals surface area (Å²) in [7, 11) is 0. The van der Waals surface area contributed by atoms with Crippen LogP contribution in [0.4, 0.5) is 5.69 Å². The zero-order valence-electron chi connectivity index (χ0n) is 15.7. The lowest BCUT2D eigenvalue weighted by Crippen LogP contribution is -2.37. The van der Waals surface area contributed by atoms with Crippen molar-refractivity contribution in [3.05, 3.63) is 81.4 Å². The molecule has 1 amide bonds. The summed E-state index contributed by atoms with van der Waals surface area (Å²) in [5.74, 6) is -1.64. The van der Waals surface area contributed by atoms with E-state index in [9.17, 15) is 24.8 Å². The van der Waals surface area contributed by atoms with E-state index < -0.39 is 22.7 Å². The van der Waals surface area contributed by atoms with Crippen molar-refractivity contribution in [2.45, 2.75) is 37.8 Å². The highest BCUT2D eigenvalue weighted by Crippen LogP contribution is 2.43. The van der Waals surface area contributed by atoms with Gasteiger partial charge in [-0.15, -0.1) is 0 Å². The number of carbonyl (C=O) groups is 2. The van der Waals surface area contributed by atoms with Gasteiger partial charge in [0.2, 0.25) is 0 Å². The molecule has 0 bridgehead atoms. The summed E-state index contributed by atoms with van der Waals surface area (Å²) in [6.07, 6.45) is 3.65. The van der Waals surface area contributed by atoms with Crippen LogP contribution in [0.1, 0.15) is 42.9 Å². The highest BCUT2D eigenvalue weighted by Gasteiger charge is 2.49. The number of ketones is 1. The van der Waals surface area contributed by atoms with E-state index in [1.54, 1.807) is 4.90 Å². The Labute approximate surface area is 167 Å². The molecule has 148 valence electrons. The van der Waals surface area contributed by atoms with Gasteiger partial charge in [-0.3, -0.25) is 19.7 Å². The van der Waals surface area contributed by atoms with E-state index in [0.717, 1.165) is 31.2 Å². The molecule has 2 aromatic carbocycles. The minimum absolute atomic E-state index is 0.0296. The van der Waals surface area contributed by atoms with Gasteiger partial charge in [0.1, 0.15) is 5.76 Å². The molecule has 1 unspecified atom stereocenters. The Bertz CT molecular complexity index is 992. The minimum Gasteiger partial charge on any atom is -0.507 e. The molecule has 0 aromatic heterocycles. The smallest absolute Gasteiger partial charge is 0.295 e. The van der Waals surface area contributed by atoms with Gasteiger partial charge < -0.3 is 10.0 Å². The van der Waals surface area contributed by atoms with Gasteiger partial charge >= 0.3 is 0 Å². The van der Waals surface area contributed by atoms with E-state index in [1.165, 1.54) is 24.3 Å². The standard InChI is InChI=1S/C22H20N2O5/c25-20(15-10-12-17(13-11-15)24(28)29)18-19(14-6-2-1-3-7-14)23(22(27)21(18)26)16-8-4-5-9-16/h1-3,6-7,10-13,16,19,25H,4-5,8-9H2/b20-18-. The van der Waals surface area contributed by atoms with Crippen LogP contribution in [0.3, 0.4) is 0 Å². The summed E-state index contributed by atoms with van der Waals surface area (Å²) in [5.41, 5.74) is 0.928. The molecule has 1 aliphatic heterocycles. The van der Waals surface area contributed by atoms with Gasteiger partial charge in [0.05, 0.1) is 16.5 Å². The first-order valence-electron chi connectivity index (χ1n) is 9.59. The number of likely N-dealkylation sites (tertiary alicyclic amines) is 1. The highest BCUT2D eigenvalue weighted by molar-refractivity contribution is 6.46. The quantitative estimate of drug-likeness (QED) is 0.279. The molecule has 7 nitrogen and oxygen atoms in total. The lowest BCUT2D eigenvalue weighted by Gasteiger charge is -2.30. The first-order chi connectivity index (χ1) is 14.0. The second-order valence-electron chi connectivity index (χ2n) is 7.36. The van der Waals surface area contributed by atoms with Crippen LogP contribution < -0.4 is 0 Å². The van der Waals surface area contributed by atoms with Crippen LogP contribution in [0.25, 0.3) is 5.76 Å². The van der Waals surface area contributed by atoms with E-state index in [1.807, 2.05) is 30.3 Å². The van der Waals surface area contributed by atoms with Crippen molar-refractivity contribution in [3.63, 3.8) is 0 Å². The molecule has 0 spiro atoms. The Morgan fingerprint density at radius 1 is 1.00 bits per heavy atom. The number of non-ortho nitro benzene ring substituents is 1. The SMILES string of the molecule is O=C1C(=O)N(C2CCCC2)C(c2ccccc2)/C1=C(/O)c1ccc([N+](=O)[O-])cc1. The van der Waals surface area contributed by atoms with E-state index >= 15 is 0 Å². The molecule has 2 aliphatic rings. The Kier molecular flexibility index (Phi) is 4.88. The predicted molar refractivity (Wildman–Crippen MR) is 106 cm³/mol. The molecule has 7 heteroatoms. The molecule has 29 heavy (non-hydrogen) atoms. The third-order valence-corrected chi connectivity index (χ3v) is 5.67. The van der Waals surface area contributed by atoms with E-state index in [0.29, 0.717) is 0 Å². The summed E-state index contributed by atoms with van der Waals surface area (Å²) >= 11 is 0. The van der Waals surface area contributed by atoms with E-state index in [-0.39, 0.29) is 28.6 Å². The minimum atomic E-state index is -0.721. The lowest BCUT2D eigenvalue weighted by atomic mass is 9.94. The molecule has 4 rings (SSSR count). The average molecular weight is 392 g/mol. The van der Waals surface area contributed by atoms with Crippen molar-refractivity contribution in [1.29, 1.82) is 0 Å². The van der Waals surface area contributed by atoms with Gasteiger partial charge in [-0.05, 0) is 30.5 Å². The van der Waals surface area contributed by atoms with Crippen molar-refractivity contribution >= 4 is 23.1 Å². The Hall–Kier alpha value is -3.48. The van der Waals surface area contributed by atoms with Crippen LogP contribution in [-0.4, -0.2) is 32.7 Å². The lowest BCUT2D eigenvalue weighted by molar-refractivity contribution is -0.384. The number of benzene rings is 2. The third-order valence-electron chi connectivity index (χ3n) is 5.67. The molecule has 2 aromatic rings. The van der Waals surface area contributed by atoms with Gasteiger partial charge in [0.15, 0.2) is 0 Å². The first-order valence-corrected chi connectivity index (χ1v) is 9.59. The van der Waals surface area contributed by atoms with Crippen molar-refractivity contribution in [3.8, 4) is 0 Å². The average Bonchev–Trinajstić information content (AvgIpc) is 3.35. The van der Waals surface area contributed by atoms with Gasteiger partial charge in [-0.1, -0.05) is 43.2 Å². The van der Waals surface area contributed by atoms with Crippen LogP contribution in [0.2, 0.25) is 0 Å². The van der Waals surface area contributed by atoms with E-state index in [4.69, 9.17) is 0 Å². The maximum absolute atomic E-state index is 12.9. The fourth-order valence-corrected chi connectivity index (χ4v) is 4.27. The molecule has 0 radical (unpaired) electrons. The second-order valence-corrected chi connectivity index (χ2v) is 7.36. The molecule has 1 aliphatic carbocycles. The normalized spacial score (nSPS) is 21.7. The number of nitro benzene ring substituents is 1. The highest BCUT2D eigenvalue weighted by atomic mass is 16.6. The van der Waals surface area contributed by atoms with Crippen LogP contribution >= 0.6 is 0 Å². The third kappa shape index (κ3) is 3.29. The van der Waals surface area contributed by atoms with Crippen molar-refractivity contribution in [2.75, 3.05) is 0 Å². The summed E-state index contributed by atoms with van der Waals surface area (Å²) in [6, 6.07) is 13.8. The van der Waals surface area contributed by atoms with Crippen LogP contribution in [0, 0.1) is 10.1 Å². The number of Topliss-reactive ketones (excluding diaryl/α,β-unsaturated/α-hetero) is 1. The molecular weight excluding hydrogens is 372 g/mol. The first kappa shape index (κ1) is 18.9. The summed E-state index contributed by atoms with van der Waals surface area (Å²) in [5, 5.41) is 21.8. The Morgan fingerprint density at radius 3 is 2.21 bits per heavy atom. The van der Waals surface area contributed by atoms with Gasteiger partial charge in [0.25, 0.3) is 17.4 Å². The molecule has 1 N–H and O–H groups in total. The number of carbonyl (C=O) groups excluding carboxylic acids is 2. The number of amides is 1. The van der Waals surface area contributed by atoms with E-state index in [2.05, 4.69) is 0 Å². The molecular formula is C22H20N2O5. The van der Waals surface area contributed by atoms with Crippen molar-refractivity contribution in [1.82, 2.24) is 4.90 Å². The topological polar surface area (TPSA) is 101 Å². The fourth-order valence-electron chi connectivity index (χ4n) is 4.27. The number of aliphatic hydroxyl groups is 1. The number of nitro groups is 1. The van der Waals surface area contributed by atoms with Crippen molar-refractivity contribution in [2.24, 2.45) is 0 Å². The Balaban J connectivity index is 1.84. The molecule has 1 saturated heterocycles. The number of rotatable bonds is 4. The Morgan fingerprint density at radius 2 is 1.62 bits per heavy atom. The van der Waals surface area contributed by atoms with Gasteiger partial charge in [0, 0.05) is 23.7 Å². The monoisotopic (exact) mass is 392 g/mol. The molecule has 1 heterocycles. The van der Waals surface area contributed by atoms with Crippen LogP contribution in [0.15, 0.2) is 60.2 Å². The zero-order valence-corrected chi connectivity index (χ0v) is 15.7.